The zero-order valence-corrected chi connectivity index (χ0v) is 12.2. The van der Waals surface area contributed by atoms with Crippen molar-refractivity contribution in [3.63, 3.8) is 0 Å². The molecule has 1 saturated carbocycles. The van der Waals surface area contributed by atoms with E-state index in [0.717, 1.165) is 25.7 Å². The van der Waals surface area contributed by atoms with Crippen molar-refractivity contribution in [3.05, 3.63) is 0 Å². The maximum Gasteiger partial charge on any atom is 0.225 e. The number of hydrogen-bond donors (Lipinski definition) is 1. The van der Waals surface area contributed by atoms with Crippen LogP contribution >= 0.6 is 0 Å². The molecule has 1 heterocycles. The van der Waals surface area contributed by atoms with Gasteiger partial charge in [-0.05, 0) is 44.6 Å². The first-order chi connectivity index (χ1) is 9.02. The van der Waals surface area contributed by atoms with Gasteiger partial charge in [0.25, 0.3) is 0 Å². The standard InChI is InChI=1S/C13H24N2O3S/c14-10-11-2-4-12(5-3-11)13(16)15-6-1-8-19(17,18)9-7-15/h11-12H,1-10,14H2. The molecule has 0 atom stereocenters. The Balaban J connectivity index is 1.89. The fraction of sp³-hybridized carbons (Fsp3) is 0.923. The molecular weight excluding hydrogens is 264 g/mol. The minimum atomic E-state index is -2.94. The average molecular weight is 288 g/mol. The van der Waals surface area contributed by atoms with Gasteiger partial charge < -0.3 is 10.6 Å². The van der Waals surface area contributed by atoms with E-state index in [9.17, 15) is 13.2 Å². The molecule has 0 radical (unpaired) electrons. The van der Waals surface area contributed by atoms with Gasteiger partial charge in [0.05, 0.1) is 11.5 Å². The molecule has 0 bridgehead atoms. The second kappa shape index (κ2) is 6.22. The lowest BCUT2D eigenvalue weighted by Gasteiger charge is -2.31. The number of sulfone groups is 1. The molecule has 2 rings (SSSR count). The van der Waals surface area contributed by atoms with Crippen molar-refractivity contribution in [2.24, 2.45) is 17.6 Å². The largest absolute Gasteiger partial charge is 0.341 e. The summed E-state index contributed by atoms with van der Waals surface area (Å²) in [5.41, 5.74) is 5.66. The van der Waals surface area contributed by atoms with Crippen molar-refractivity contribution in [2.45, 2.75) is 32.1 Å². The van der Waals surface area contributed by atoms with E-state index in [1.54, 1.807) is 4.90 Å². The van der Waals surface area contributed by atoms with Crippen LogP contribution in [0.1, 0.15) is 32.1 Å². The molecule has 0 spiro atoms. The van der Waals surface area contributed by atoms with Crippen LogP contribution in [0.3, 0.4) is 0 Å². The minimum Gasteiger partial charge on any atom is -0.341 e. The molecular formula is C13H24N2O3S. The third-order valence-corrected chi connectivity index (χ3v) is 6.11. The predicted octanol–water partition coefficient (Wildman–Crippen LogP) is 0.399. The van der Waals surface area contributed by atoms with E-state index in [1.165, 1.54) is 0 Å². The van der Waals surface area contributed by atoms with Gasteiger partial charge in [-0.2, -0.15) is 0 Å². The lowest BCUT2D eigenvalue weighted by atomic mass is 9.81. The number of carbonyl (C=O) groups excluding carboxylic acids is 1. The van der Waals surface area contributed by atoms with Crippen LogP contribution in [0.15, 0.2) is 0 Å². The summed E-state index contributed by atoms with van der Waals surface area (Å²) < 4.78 is 23.1. The number of rotatable bonds is 2. The van der Waals surface area contributed by atoms with Crippen LogP contribution in [-0.2, 0) is 14.6 Å². The van der Waals surface area contributed by atoms with E-state index < -0.39 is 9.84 Å². The van der Waals surface area contributed by atoms with E-state index in [2.05, 4.69) is 0 Å². The zero-order valence-electron chi connectivity index (χ0n) is 11.4. The molecule has 0 unspecified atom stereocenters. The lowest BCUT2D eigenvalue weighted by Crippen LogP contribution is -2.39. The number of amides is 1. The summed E-state index contributed by atoms with van der Waals surface area (Å²) in [5, 5.41) is 0. The van der Waals surface area contributed by atoms with Gasteiger partial charge in [0.15, 0.2) is 9.84 Å². The summed E-state index contributed by atoms with van der Waals surface area (Å²) >= 11 is 0. The summed E-state index contributed by atoms with van der Waals surface area (Å²) in [5.74, 6) is 1.15. The first-order valence-electron chi connectivity index (χ1n) is 7.21. The second-order valence-electron chi connectivity index (χ2n) is 5.78. The second-order valence-corrected chi connectivity index (χ2v) is 8.09. The van der Waals surface area contributed by atoms with Crippen molar-refractivity contribution < 1.29 is 13.2 Å². The molecule has 110 valence electrons. The van der Waals surface area contributed by atoms with Gasteiger partial charge in [0.1, 0.15) is 0 Å². The van der Waals surface area contributed by atoms with Crippen molar-refractivity contribution >= 4 is 15.7 Å². The van der Waals surface area contributed by atoms with Gasteiger partial charge >= 0.3 is 0 Å². The van der Waals surface area contributed by atoms with Crippen molar-refractivity contribution in [2.75, 3.05) is 31.1 Å². The van der Waals surface area contributed by atoms with Gasteiger partial charge in [-0.15, -0.1) is 0 Å². The van der Waals surface area contributed by atoms with Crippen LogP contribution < -0.4 is 5.73 Å². The number of nitrogens with zero attached hydrogens (tertiary/aromatic N) is 1. The molecule has 5 nitrogen and oxygen atoms in total. The molecule has 2 fully saturated rings. The van der Waals surface area contributed by atoms with E-state index >= 15 is 0 Å². The Morgan fingerprint density at radius 2 is 1.79 bits per heavy atom. The molecule has 1 amide bonds. The van der Waals surface area contributed by atoms with Gasteiger partial charge in [0, 0.05) is 19.0 Å². The fourth-order valence-corrected chi connectivity index (χ4v) is 4.33. The fourth-order valence-electron chi connectivity index (χ4n) is 3.06. The normalized spacial score (nSPS) is 31.7. The summed E-state index contributed by atoms with van der Waals surface area (Å²) in [6.45, 7) is 1.68. The number of nitrogens with two attached hydrogens (primary N) is 1. The topological polar surface area (TPSA) is 80.5 Å². The monoisotopic (exact) mass is 288 g/mol. The van der Waals surface area contributed by atoms with Gasteiger partial charge in [-0.25, -0.2) is 8.42 Å². The van der Waals surface area contributed by atoms with Crippen LogP contribution in [0.5, 0.6) is 0 Å². The Morgan fingerprint density at radius 1 is 1.11 bits per heavy atom. The molecule has 1 saturated heterocycles. The van der Waals surface area contributed by atoms with Gasteiger partial charge in [-0.3, -0.25) is 4.79 Å². The highest BCUT2D eigenvalue weighted by atomic mass is 32.2. The van der Waals surface area contributed by atoms with E-state index in [1.807, 2.05) is 0 Å². The molecule has 1 aliphatic carbocycles. The van der Waals surface area contributed by atoms with E-state index in [0.29, 0.717) is 32.0 Å². The van der Waals surface area contributed by atoms with Crippen molar-refractivity contribution in [1.82, 2.24) is 4.90 Å². The molecule has 2 N–H and O–H groups in total. The Morgan fingerprint density at radius 3 is 2.42 bits per heavy atom. The smallest absolute Gasteiger partial charge is 0.225 e. The Kier molecular flexibility index (Phi) is 4.84. The maximum absolute atomic E-state index is 12.4. The zero-order chi connectivity index (χ0) is 13.9. The first-order valence-corrected chi connectivity index (χ1v) is 9.03. The maximum atomic E-state index is 12.4. The third-order valence-electron chi connectivity index (χ3n) is 4.40. The molecule has 2 aliphatic rings. The Labute approximate surface area is 115 Å². The highest BCUT2D eigenvalue weighted by molar-refractivity contribution is 7.91. The summed E-state index contributed by atoms with van der Waals surface area (Å²) in [7, 11) is -2.94. The summed E-state index contributed by atoms with van der Waals surface area (Å²) in [4.78, 5) is 14.2. The molecule has 0 aromatic heterocycles. The Bertz CT molecular complexity index is 414. The van der Waals surface area contributed by atoms with Crippen molar-refractivity contribution in [3.8, 4) is 0 Å². The quantitative estimate of drug-likeness (QED) is 0.797. The van der Waals surface area contributed by atoms with Gasteiger partial charge in [0.2, 0.25) is 5.91 Å². The molecule has 0 aromatic carbocycles. The van der Waals surface area contributed by atoms with Crippen LogP contribution in [-0.4, -0.2) is 50.4 Å². The summed E-state index contributed by atoms with van der Waals surface area (Å²) in [6.07, 6.45) is 4.44. The average Bonchev–Trinajstić information content (AvgIpc) is 2.59. The SMILES string of the molecule is NCC1CCC(C(=O)N2CCCS(=O)(=O)CC2)CC1. The van der Waals surface area contributed by atoms with E-state index in [4.69, 9.17) is 5.73 Å². The molecule has 0 aromatic rings. The molecule has 1 aliphatic heterocycles. The van der Waals surface area contributed by atoms with Gasteiger partial charge in [-0.1, -0.05) is 0 Å². The first kappa shape index (κ1) is 14.8. The number of hydrogen-bond acceptors (Lipinski definition) is 4. The van der Waals surface area contributed by atoms with Crippen LogP contribution in [0.4, 0.5) is 0 Å². The van der Waals surface area contributed by atoms with Crippen LogP contribution in [0.25, 0.3) is 0 Å². The molecule has 6 heteroatoms. The van der Waals surface area contributed by atoms with Crippen LogP contribution in [0.2, 0.25) is 0 Å². The highest BCUT2D eigenvalue weighted by Crippen LogP contribution is 2.29. The number of carbonyl (C=O) groups is 1. The predicted molar refractivity (Wildman–Crippen MR) is 74.4 cm³/mol. The molecule has 19 heavy (non-hydrogen) atoms. The third kappa shape index (κ3) is 3.92. The summed E-state index contributed by atoms with van der Waals surface area (Å²) in [6, 6.07) is 0. The van der Waals surface area contributed by atoms with E-state index in [-0.39, 0.29) is 23.3 Å². The Hall–Kier alpha value is -0.620. The minimum absolute atomic E-state index is 0.0867. The van der Waals surface area contributed by atoms with Crippen molar-refractivity contribution in [1.29, 1.82) is 0 Å². The lowest BCUT2D eigenvalue weighted by molar-refractivity contribution is -0.136. The highest BCUT2D eigenvalue weighted by Gasteiger charge is 2.30. The van der Waals surface area contributed by atoms with Crippen LogP contribution in [0, 0.1) is 11.8 Å².